The number of esters is 1. The zero-order valence-electron chi connectivity index (χ0n) is 22.9. The van der Waals surface area contributed by atoms with E-state index in [-0.39, 0.29) is 18.7 Å². The zero-order chi connectivity index (χ0) is 28.2. The van der Waals surface area contributed by atoms with Crippen LogP contribution in [0.3, 0.4) is 0 Å². The molecule has 0 heterocycles. The van der Waals surface area contributed by atoms with Crippen molar-refractivity contribution in [3.63, 3.8) is 0 Å². The summed E-state index contributed by atoms with van der Waals surface area (Å²) in [7, 11) is 0. The van der Waals surface area contributed by atoms with E-state index in [1.807, 2.05) is 19.9 Å². The molecule has 39 heavy (non-hydrogen) atoms. The molecule has 0 saturated carbocycles. The number of anilines is 2. The van der Waals surface area contributed by atoms with Gasteiger partial charge in [0.1, 0.15) is 17.2 Å². The van der Waals surface area contributed by atoms with E-state index in [4.69, 9.17) is 14.2 Å². The van der Waals surface area contributed by atoms with Gasteiger partial charge in [0.2, 0.25) is 5.91 Å². The first-order valence-corrected chi connectivity index (χ1v) is 13.1. The Balaban J connectivity index is 1.36. The van der Waals surface area contributed by atoms with Crippen LogP contribution >= 0.6 is 0 Å². The fourth-order valence-electron chi connectivity index (χ4n) is 3.77. The van der Waals surface area contributed by atoms with Crippen LogP contribution in [0.25, 0.3) is 0 Å². The number of amides is 2. The first-order valence-electron chi connectivity index (χ1n) is 13.1. The van der Waals surface area contributed by atoms with Crippen molar-refractivity contribution in [2.75, 3.05) is 23.8 Å². The molecule has 2 N–H and O–H groups in total. The molecule has 0 aliphatic heterocycles. The Morgan fingerprint density at radius 3 is 2.03 bits per heavy atom. The molecule has 3 aromatic carbocycles. The number of aryl methyl sites for hydroxylation is 1. The molecule has 0 saturated heterocycles. The third kappa shape index (κ3) is 9.81. The number of nitrogens with one attached hydrogen (secondary N) is 2. The molecule has 0 bridgehead atoms. The Bertz CT molecular complexity index is 1250. The smallest absolute Gasteiger partial charge is 0.306 e. The monoisotopic (exact) mass is 532 g/mol. The highest BCUT2D eigenvalue weighted by Crippen LogP contribution is 2.32. The quantitative estimate of drug-likeness (QED) is 0.241. The molecule has 0 aromatic heterocycles. The summed E-state index contributed by atoms with van der Waals surface area (Å²) in [5.74, 6) is 1.33. The van der Waals surface area contributed by atoms with Crippen LogP contribution in [0.1, 0.15) is 57.1 Å². The van der Waals surface area contributed by atoms with Crippen molar-refractivity contribution >= 4 is 29.2 Å². The molecule has 0 radical (unpaired) electrons. The van der Waals surface area contributed by atoms with Crippen molar-refractivity contribution in [3.05, 3.63) is 77.9 Å². The maximum absolute atomic E-state index is 12.3. The normalized spacial score (nSPS) is 10.6. The van der Waals surface area contributed by atoms with Crippen LogP contribution in [0.5, 0.6) is 17.2 Å². The predicted octanol–water partition coefficient (Wildman–Crippen LogP) is 6.60. The molecule has 0 unspecified atom stereocenters. The Hall–Kier alpha value is -4.33. The molecule has 3 rings (SSSR count). The van der Waals surface area contributed by atoms with Gasteiger partial charge in [0.15, 0.2) is 6.61 Å². The van der Waals surface area contributed by atoms with E-state index in [9.17, 15) is 14.4 Å². The van der Waals surface area contributed by atoms with Gasteiger partial charge in [-0.05, 0) is 91.9 Å². The molecular weight excluding hydrogens is 496 g/mol. The lowest BCUT2D eigenvalue weighted by molar-refractivity contribution is -0.147. The Labute approximate surface area is 229 Å². The van der Waals surface area contributed by atoms with Gasteiger partial charge in [-0.25, -0.2) is 0 Å². The van der Waals surface area contributed by atoms with Crippen LogP contribution in [-0.4, -0.2) is 31.0 Å². The minimum Gasteiger partial charge on any atom is -0.494 e. The number of rotatable bonds is 13. The topological polar surface area (TPSA) is 103 Å². The van der Waals surface area contributed by atoms with Crippen LogP contribution in [0.15, 0.2) is 66.7 Å². The summed E-state index contributed by atoms with van der Waals surface area (Å²) in [5, 5.41) is 5.47. The van der Waals surface area contributed by atoms with Gasteiger partial charge in [0.05, 0.1) is 6.61 Å². The van der Waals surface area contributed by atoms with Gasteiger partial charge < -0.3 is 24.8 Å². The number of benzene rings is 3. The number of hydrogen-bond donors (Lipinski definition) is 2. The summed E-state index contributed by atoms with van der Waals surface area (Å²) in [6, 6.07) is 20.2. The summed E-state index contributed by atoms with van der Waals surface area (Å²) < 4.78 is 16.5. The third-order valence-electron chi connectivity index (χ3n) is 5.76. The van der Waals surface area contributed by atoms with E-state index in [0.717, 1.165) is 16.9 Å². The predicted molar refractivity (Wildman–Crippen MR) is 151 cm³/mol. The number of carbonyl (C=O) groups is 3. The standard InChI is InChI=1S/C31H36N2O6/c1-5-37-25-14-10-24(11-15-25)33-30(35)20-38-31(36)8-6-7-29(34)32-23-12-16-26(17-13-23)39-28-19-22(4)9-18-27(28)21(2)3/h9-19,21H,5-8,20H2,1-4H3,(H,32,34)(H,33,35). The highest BCUT2D eigenvalue weighted by molar-refractivity contribution is 5.93. The molecule has 2 amide bonds. The van der Waals surface area contributed by atoms with Crippen molar-refractivity contribution in [1.82, 2.24) is 0 Å². The molecule has 8 nitrogen and oxygen atoms in total. The molecule has 3 aromatic rings. The first-order chi connectivity index (χ1) is 18.7. The Morgan fingerprint density at radius 1 is 0.795 bits per heavy atom. The highest BCUT2D eigenvalue weighted by Gasteiger charge is 2.11. The molecule has 206 valence electrons. The molecular formula is C31H36N2O6. The lowest BCUT2D eigenvalue weighted by atomic mass is 10.0. The van der Waals surface area contributed by atoms with Crippen molar-refractivity contribution in [1.29, 1.82) is 0 Å². The maximum atomic E-state index is 12.3. The fourth-order valence-corrected chi connectivity index (χ4v) is 3.77. The second-order valence-corrected chi connectivity index (χ2v) is 9.39. The fraction of sp³-hybridized carbons (Fsp3) is 0.323. The number of carbonyl (C=O) groups excluding carboxylic acids is 3. The van der Waals surface area contributed by atoms with E-state index >= 15 is 0 Å². The number of ether oxygens (including phenoxy) is 3. The van der Waals surface area contributed by atoms with E-state index in [1.165, 1.54) is 0 Å². The van der Waals surface area contributed by atoms with Crippen LogP contribution < -0.4 is 20.1 Å². The Morgan fingerprint density at radius 2 is 1.41 bits per heavy atom. The lowest BCUT2D eigenvalue weighted by Gasteiger charge is -2.15. The largest absolute Gasteiger partial charge is 0.494 e. The summed E-state index contributed by atoms with van der Waals surface area (Å²) in [6.07, 6.45) is 0.482. The van der Waals surface area contributed by atoms with Gasteiger partial charge >= 0.3 is 5.97 Å². The van der Waals surface area contributed by atoms with Crippen molar-refractivity contribution in [3.8, 4) is 17.2 Å². The second-order valence-electron chi connectivity index (χ2n) is 9.39. The van der Waals surface area contributed by atoms with Crippen molar-refractivity contribution < 1.29 is 28.6 Å². The molecule has 0 spiro atoms. The van der Waals surface area contributed by atoms with E-state index < -0.39 is 18.5 Å². The van der Waals surface area contributed by atoms with Crippen LogP contribution in [0, 0.1) is 6.92 Å². The van der Waals surface area contributed by atoms with Gasteiger partial charge in [0, 0.05) is 24.2 Å². The summed E-state index contributed by atoms with van der Waals surface area (Å²) in [4.78, 5) is 36.3. The van der Waals surface area contributed by atoms with Crippen LogP contribution in [0.2, 0.25) is 0 Å². The molecule has 0 aliphatic rings. The Kier molecular flexibility index (Phi) is 10.9. The minimum atomic E-state index is -0.539. The first kappa shape index (κ1) is 29.2. The van der Waals surface area contributed by atoms with Crippen LogP contribution in [-0.2, 0) is 19.1 Å². The van der Waals surface area contributed by atoms with E-state index in [2.05, 4.69) is 36.6 Å². The molecule has 0 atom stereocenters. The van der Waals surface area contributed by atoms with Gasteiger partial charge in [-0.15, -0.1) is 0 Å². The number of hydrogen-bond acceptors (Lipinski definition) is 6. The van der Waals surface area contributed by atoms with Crippen LogP contribution in [0.4, 0.5) is 11.4 Å². The average molecular weight is 533 g/mol. The maximum Gasteiger partial charge on any atom is 0.306 e. The minimum absolute atomic E-state index is 0.0329. The van der Waals surface area contributed by atoms with Gasteiger partial charge in [0.25, 0.3) is 5.91 Å². The summed E-state index contributed by atoms with van der Waals surface area (Å²) in [5.41, 5.74) is 3.46. The molecule has 0 aliphatic carbocycles. The zero-order valence-corrected chi connectivity index (χ0v) is 22.9. The SMILES string of the molecule is CCOc1ccc(NC(=O)COC(=O)CCCC(=O)Nc2ccc(Oc3cc(C)ccc3C(C)C)cc2)cc1. The van der Waals surface area contributed by atoms with Gasteiger partial charge in [-0.1, -0.05) is 26.0 Å². The summed E-state index contributed by atoms with van der Waals surface area (Å²) >= 11 is 0. The van der Waals surface area contributed by atoms with E-state index in [1.54, 1.807) is 48.5 Å². The van der Waals surface area contributed by atoms with Crippen molar-refractivity contribution in [2.24, 2.45) is 0 Å². The van der Waals surface area contributed by atoms with Crippen molar-refractivity contribution in [2.45, 2.75) is 52.9 Å². The molecule has 8 heteroatoms. The molecule has 0 fully saturated rings. The summed E-state index contributed by atoms with van der Waals surface area (Å²) in [6.45, 7) is 8.32. The second kappa shape index (κ2) is 14.6. The lowest BCUT2D eigenvalue weighted by Crippen LogP contribution is -2.21. The van der Waals surface area contributed by atoms with E-state index in [0.29, 0.717) is 41.8 Å². The third-order valence-corrected chi connectivity index (χ3v) is 5.76. The van der Waals surface area contributed by atoms with Gasteiger partial charge in [-0.3, -0.25) is 14.4 Å². The average Bonchev–Trinajstić information content (AvgIpc) is 2.90. The highest BCUT2D eigenvalue weighted by atomic mass is 16.5. The van der Waals surface area contributed by atoms with Gasteiger partial charge in [-0.2, -0.15) is 0 Å².